The van der Waals surface area contributed by atoms with Gasteiger partial charge in [-0.2, -0.15) is 0 Å². The summed E-state index contributed by atoms with van der Waals surface area (Å²) in [5.74, 6) is 0.805. The fourth-order valence-corrected chi connectivity index (χ4v) is 1.61. The molecule has 1 aromatic carbocycles. The van der Waals surface area contributed by atoms with Crippen LogP contribution in [0.4, 0.5) is 10.5 Å². The molecule has 1 aromatic rings. The first-order chi connectivity index (χ1) is 9.96. The molecule has 0 unspecified atom stereocenters. The van der Waals surface area contributed by atoms with E-state index in [0.717, 1.165) is 12.2 Å². The zero-order valence-corrected chi connectivity index (χ0v) is 13.2. The Morgan fingerprint density at radius 2 is 1.86 bits per heavy atom. The lowest BCUT2D eigenvalue weighted by molar-refractivity contribution is 0.204. The molecule has 21 heavy (non-hydrogen) atoms. The molecule has 0 saturated carbocycles. The van der Waals surface area contributed by atoms with Crippen molar-refractivity contribution in [1.29, 1.82) is 0 Å². The van der Waals surface area contributed by atoms with Gasteiger partial charge in [-0.15, -0.1) is 0 Å². The number of hydrogen-bond donors (Lipinski definition) is 3. The smallest absolute Gasteiger partial charge is 0.319 e. The maximum atomic E-state index is 11.8. The second-order valence-electron chi connectivity index (χ2n) is 5.41. The normalized spacial score (nSPS) is 14.9. The number of carbonyl (C=O) groups is 1. The summed E-state index contributed by atoms with van der Waals surface area (Å²) in [6, 6.07) is 6.90. The third-order valence-corrected chi connectivity index (χ3v) is 3.52. The largest absolute Gasteiger partial charge is 0.491 e. The van der Waals surface area contributed by atoms with Gasteiger partial charge in [0.05, 0.1) is 6.10 Å². The van der Waals surface area contributed by atoms with Gasteiger partial charge in [-0.1, -0.05) is 13.8 Å². The molecule has 1 rings (SSSR count). The summed E-state index contributed by atoms with van der Waals surface area (Å²) in [4.78, 5) is 11.8. The Bertz CT molecular complexity index is 434. The van der Waals surface area contributed by atoms with E-state index in [1.807, 2.05) is 32.9 Å². The van der Waals surface area contributed by atoms with Crippen LogP contribution in [0.15, 0.2) is 24.3 Å². The zero-order chi connectivity index (χ0) is 15.8. The minimum atomic E-state index is -0.279. The Hall–Kier alpha value is -1.75. The molecule has 0 fully saturated rings. The van der Waals surface area contributed by atoms with Crippen molar-refractivity contribution in [3.63, 3.8) is 0 Å². The van der Waals surface area contributed by atoms with Crippen LogP contribution in [-0.4, -0.2) is 29.9 Å². The van der Waals surface area contributed by atoms with Crippen LogP contribution >= 0.6 is 0 Å². The number of carbonyl (C=O) groups excluding carboxylic acids is 1. The minimum Gasteiger partial charge on any atom is -0.491 e. The Balaban J connectivity index is 2.50. The van der Waals surface area contributed by atoms with Crippen molar-refractivity contribution < 1.29 is 14.6 Å². The maximum Gasteiger partial charge on any atom is 0.319 e. The molecule has 0 radical (unpaired) electrons. The molecule has 118 valence electrons. The molecule has 0 saturated heterocycles. The standard InChI is InChI=1S/C16H26N2O3/c1-5-12(3)21-15-8-6-14(7-9-15)18-16(20)17-13(4)11(2)10-19/h6-9,11-13,19H,5,10H2,1-4H3,(H2,17,18,20)/t11-,12+,13+/m0/s1. The van der Waals surface area contributed by atoms with E-state index in [-0.39, 0.29) is 30.7 Å². The number of urea groups is 1. The summed E-state index contributed by atoms with van der Waals surface area (Å²) in [5.41, 5.74) is 0.702. The first kappa shape index (κ1) is 17.3. The second-order valence-corrected chi connectivity index (χ2v) is 5.41. The summed E-state index contributed by atoms with van der Waals surface area (Å²) in [5, 5.41) is 14.6. The van der Waals surface area contributed by atoms with Crippen LogP contribution in [0.1, 0.15) is 34.1 Å². The molecule has 0 heterocycles. The van der Waals surface area contributed by atoms with E-state index in [0.29, 0.717) is 5.69 Å². The molecule has 5 heteroatoms. The number of aliphatic hydroxyl groups is 1. The van der Waals surface area contributed by atoms with Crippen molar-refractivity contribution in [2.24, 2.45) is 5.92 Å². The number of ether oxygens (including phenoxy) is 1. The summed E-state index contributed by atoms with van der Waals surface area (Å²) >= 11 is 0. The topological polar surface area (TPSA) is 70.6 Å². The van der Waals surface area contributed by atoms with E-state index in [4.69, 9.17) is 9.84 Å². The number of anilines is 1. The van der Waals surface area contributed by atoms with Gasteiger partial charge in [-0.25, -0.2) is 4.79 Å². The predicted octanol–water partition coefficient (Wildman–Crippen LogP) is 3.00. The SMILES string of the molecule is CC[C@@H](C)Oc1ccc(NC(=O)N[C@H](C)[C@@H](C)CO)cc1. The lowest BCUT2D eigenvalue weighted by Gasteiger charge is -2.19. The third kappa shape index (κ3) is 6.04. The van der Waals surface area contributed by atoms with Crippen molar-refractivity contribution in [2.45, 2.75) is 46.3 Å². The average molecular weight is 294 g/mol. The molecule has 0 spiro atoms. The fraction of sp³-hybridized carbons (Fsp3) is 0.562. The monoisotopic (exact) mass is 294 g/mol. The van der Waals surface area contributed by atoms with E-state index in [2.05, 4.69) is 17.6 Å². The molecule has 0 bridgehead atoms. The van der Waals surface area contributed by atoms with Gasteiger partial charge in [0.25, 0.3) is 0 Å². The molecule has 0 aliphatic heterocycles. The number of benzene rings is 1. The van der Waals surface area contributed by atoms with Crippen molar-refractivity contribution in [3.8, 4) is 5.75 Å². The van der Waals surface area contributed by atoms with E-state index >= 15 is 0 Å². The highest BCUT2D eigenvalue weighted by atomic mass is 16.5. The van der Waals surface area contributed by atoms with Crippen LogP contribution in [0.2, 0.25) is 0 Å². The van der Waals surface area contributed by atoms with Crippen molar-refractivity contribution in [3.05, 3.63) is 24.3 Å². The summed E-state index contributed by atoms with van der Waals surface area (Å²) in [6.07, 6.45) is 1.12. The van der Waals surface area contributed by atoms with Gasteiger partial charge in [0.1, 0.15) is 5.75 Å². The van der Waals surface area contributed by atoms with Crippen LogP contribution in [0, 0.1) is 5.92 Å². The molecule has 0 aliphatic carbocycles. The zero-order valence-electron chi connectivity index (χ0n) is 13.2. The quantitative estimate of drug-likeness (QED) is 0.724. The molecule has 0 aliphatic rings. The lowest BCUT2D eigenvalue weighted by atomic mass is 10.1. The van der Waals surface area contributed by atoms with Crippen LogP contribution in [0.3, 0.4) is 0 Å². The predicted molar refractivity (Wildman–Crippen MR) is 84.7 cm³/mol. The van der Waals surface area contributed by atoms with Crippen LogP contribution in [0.5, 0.6) is 5.75 Å². The summed E-state index contributed by atoms with van der Waals surface area (Å²) < 4.78 is 5.68. The molecule has 0 aromatic heterocycles. The lowest BCUT2D eigenvalue weighted by Crippen LogP contribution is -2.40. The highest BCUT2D eigenvalue weighted by Crippen LogP contribution is 2.17. The van der Waals surface area contributed by atoms with E-state index in [1.54, 1.807) is 12.1 Å². The summed E-state index contributed by atoms with van der Waals surface area (Å²) in [7, 11) is 0. The molecule has 2 amide bonds. The van der Waals surface area contributed by atoms with E-state index in [1.165, 1.54) is 0 Å². The Morgan fingerprint density at radius 3 is 2.38 bits per heavy atom. The van der Waals surface area contributed by atoms with Crippen molar-refractivity contribution >= 4 is 11.7 Å². The number of aliphatic hydroxyl groups excluding tert-OH is 1. The highest BCUT2D eigenvalue weighted by Gasteiger charge is 2.13. The van der Waals surface area contributed by atoms with Crippen molar-refractivity contribution in [1.82, 2.24) is 5.32 Å². The van der Waals surface area contributed by atoms with Crippen LogP contribution in [-0.2, 0) is 0 Å². The molecular formula is C16H26N2O3. The van der Waals surface area contributed by atoms with Gasteiger partial charge in [0, 0.05) is 18.3 Å². The number of hydrogen-bond acceptors (Lipinski definition) is 3. The van der Waals surface area contributed by atoms with Crippen molar-refractivity contribution in [2.75, 3.05) is 11.9 Å². The highest BCUT2D eigenvalue weighted by molar-refractivity contribution is 5.89. The van der Waals surface area contributed by atoms with Gasteiger partial charge < -0.3 is 20.5 Å². The fourth-order valence-electron chi connectivity index (χ4n) is 1.61. The number of rotatable bonds is 7. The Morgan fingerprint density at radius 1 is 1.24 bits per heavy atom. The number of nitrogens with one attached hydrogen (secondary N) is 2. The average Bonchev–Trinajstić information content (AvgIpc) is 2.48. The summed E-state index contributed by atoms with van der Waals surface area (Å²) in [6.45, 7) is 7.88. The molecule has 3 N–H and O–H groups in total. The van der Waals surface area contributed by atoms with Gasteiger partial charge >= 0.3 is 6.03 Å². The van der Waals surface area contributed by atoms with Gasteiger partial charge in [-0.3, -0.25) is 0 Å². The first-order valence-corrected chi connectivity index (χ1v) is 7.41. The Labute approximate surface area is 126 Å². The minimum absolute atomic E-state index is 0.0158. The van der Waals surface area contributed by atoms with Gasteiger partial charge in [0.2, 0.25) is 0 Å². The van der Waals surface area contributed by atoms with Gasteiger partial charge in [0.15, 0.2) is 0 Å². The van der Waals surface area contributed by atoms with Crippen LogP contribution < -0.4 is 15.4 Å². The number of amides is 2. The second kappa shape index (κ2) is 8.52. The Kier molecular flexibility index (Phi) is 7.02. The van der Waals surface area contributed by atoms with Crippen LogP contribution in [0.25, 0.3) is 0 Å². The molecular weight excluding hydrogens is 268 g/mol. The maximum absolute atomic E-state index is 11.8. The van der Waals surface area contributed by atoms with E-state index in [9.17, 15) is 4.79 Å². The molecule has 3 atom stereocenters. The van der Waals surface area contributed by atoms with Gasteiger partial charge in [-0.05, 0) is 50.5 Å². The third-order valence-electron chi connectivity index (χ3n) is 3.52. The van der Waals surface area contributed by atoms with E-state index < -0.39 is 0 Å². The molecule has 5 nitrogen and oxygen atoms in total. The first-order valence-electron chi connectivity index (χ1n) is 7.41.